The summed E-state index contributed by atoms with van der Waals surface area (Å²) in [7, 11) is -3.28. The summed E-state index contributed by atoms with van der Waals surface area (Å²) in [5.74, 6) is 0.735. The van der Waals surface area contributed by atoms with Gasteiger partial charge in [0.15, 0.2) is 0 Å². The fourth-order valence-electron chi connectivity index (χ4n) is 3.36. The van der Waals surface area contributed by atoms with Crippen LogP contribution in [0.2, 0.25) is 0 Å². The van der Waals surface area contributed by atoms with E-state index in [1.54, 1.807) is 17.0 Å². The highest BCUT2D eigenvalue weighted by Gasteiger charge is 2.25. The second-order valence-corrected chi connectivity index (χ2v) is 8.86. The molecule has 0 bridgehead atoms. The highest BCUT2D eigenvalue weighted by Crippen LogP contribution is 2.19. The van der Waals surface area contributed by atoms with E-state index in [9.17, 15) is 13.2 Å². The Kier molecular flexibility index (Phi) is 6.56. The van der Waals surface area contributed by atoms with E-state index in [2.05, 4.69) is 10.0 Å². The molecule has 0 saturated carbocycles. The molecule has 1 aromatic rings. The molecule has 2 aliphatic rings. The van der Waals surface area contributed by atoms with Crippen LogP contribution in [0.4, 0.5) is 10.5 Å². The number of ether oxygens (including phenoxy) is 2. The Hall–Kier alpha value is -1.84. The largest absolute Gasteiger partial charge is 0.491 e. The number of piperidine rings is 1. The summed E-state index contributed by atoms with van der Waals surface area (Å²) in [6.07, 6.45) is 4.89. The van der Waals surface area contributed by atoms with E-state index in [1.807, 2.05) is 12.1 Å². The molecule has 0 aromatic heterocycles. The zero-order valence-corrected chi connectivity index (χ0v) is 16.3. The Morgan fingerprint density at radius 2 is 2.04 bits per heavy atom. The third kappa shape index (κ3) is 6.37. The molecule has 2 N–H and O–H groups in total. The van der Waals surface area contributed by atoms with Crippen molar-refractivity contribution in [2.45, 2.75) is 37.8 Å². The number of sulfonamides is 1. The maximum atomic E-state index is 12.5. The molecule has 2 amide bonds. The van der Waals surface area contributed by atoms with Gasteiger partial charge in [-0.3, -0.25) is 0 Å². The van der Waals surface area contributed by atoms with Crippen molar-refractivity contribution in [1.82, 2.24) is 9.62 Å². The van der Waals surface area contributed by atoms with Crippen molar-refractivity contribution in [3.05, 3.63) is 24.3 Å². The van der Waals surface area contributed by atoms with E-state index in [0.717, 1.165) is 44.3 Å². The number of benzene rings is 1. The van der Waals surface area contributed by atoms with Crippen molar-refractivity contribution in [2.24, 2.45) is 0 Å². The molecule has 8 nitrogen and oxygen atoms in total. The monoisotopic (exact) mass is 397 g/mol. The van der Waals surface area contributed by atoms with E-state index in [4.69, 9.17) is 9.47 Å². The van der Waals surface area contributed by atoms with Crippen molar-refractivity contribution >= 4 is 21.7 Å². The SMILES string of the molecule is CS(=O)(=O)N[C@@H]1CCCN(C(=O)Nc2ccc(OC[C@H]3CCCO3)cc2)C1. The molecule has 2 aliphatic heterocycles. The Bertz CT molecular complexity index is 732. The number of carbonyl (C=O) groups excluding carboxylic acids is 1. The minimum Gasteiger partial charge on any atom is -0.491 e. The van der Waals surface area contributed by atoms with Gasteiger partial charge in [-0.2, -0.15) is 0 Å². The maximum absolute atomic E-state index is 12.5. The molecule has 27 heavy (non-hydrogen) atoms. The normalized spacial score (nSPS) is 23.2. The van der Waals surface area contributed by atoms with Gasteiger partial charge in [-0.25, -0.2) is 17.9 Å². The zero-order valence-electron chi connectivity index (χ0n) is 15.5. The molecule has 0 radical (unpaired) electrons. The Labute approximate surface area is 160 Å². The number of rotatable bonds is 6. The van der Waals surface area contributed by atoms with E-state index >= 15 is 0 Å². The standard InChI is InChI=1S/C18H27N3O5S/c1-27(23,24)20-15-4-2-10-21(12-15)18(22)19-14-6-8-16(9-7-14)26-13-17-5-3-11-25-17/h6-9,15,17,20H,2-5,10-13H2,1H3,(H,19,22)/t15-,17-/m1/s1. The number of urea groups is 1. The number of anilines is 1. The second-order valence-electron chi connectivity index (χ2n) is 7.08. The first kappa shape index (κ1) is 19.9. The molecule has 2 heterocycles. The Balaban J connectivity index is 1.48. The third-order valence-electron chi connectivity index (χ3n) is 4.65. The Morgan fingerprint density at radius 3 is 2.70 bits per heavy atom. The van der Waals surface area contributed by atoms with Crippen LogP contribution in [-0.4, -0.2) is 64.1 Å². The van der Waals surface area contributed by atoms with Gasteiger partial charge in [0.2, 0.25) is 10.0 Å². The van der Waals surface area contributed by atoms with Crippen molar-refractivity contribution in [2.75, 3.05) is 37.9 Å². The van der Waals surface area contributed by atoms with Crippen molar-refractivity contribution < 1.29 is 22.7 Å². The molecule has 0 spiro atoms. The molecule has 2 saturated heterocycles. The van der Waals surface area contributed by atoms with Crippen LogP contribution in [0.5, 0.6) is 5.75 Å². The van der Waals surface area contributed by atoms with Gasteiger partial charge in [0.05, 0.1) is 12.4 Å². The van der Waals surface area contributed by atoms with Crippen LogP contribution in [0.1, 0.15) is 25.7 Å². The van der Waals surface area contributed by atoms with Crippen LogP contribution >= 0.6 is 0 Å². The van der Waals surface area contributed by atoms with Gasteiger partial charge in [-0.15, -0.1) is 0 Å². The quantitative estimate of drug-likeness (QED) is 0.763. The number of carbonyl (C=O) groups is 1. The van der Waals surface area contributed by atoms with E-state index in [-0.39, 0.29) is 18.2 Å². The molecule has 3 rings (SSSR count). The van der Waals surface area contributed by atoms with Crippen LogP contribution in [0, 0.1) is 0 Å². The molecule has 1 aromatic carbocycles. The summed E-state index contributed by atoms with van der Waals surface area (Å²) < 4.78 is 36.6. The number of hydrogen-bond acceptors (Lipinski definition) is 5. The molecule has 150 valence electrons. The lowest BCUT2D eigenvalue weighted by Gasteiger charge is -2.32. The molecule has 9 heteroatoms. The molecule has 2 fully saturated rings. The third-order valence-corrected chi connectivity index (χ3v) is 5.42. The van der Waals surface area contributed by atoms with Crippen molar-refractivity contribution in [3.8, 4) is 5.75 Å². The van der Waals surface area contributed by atoms with Gasteiger partial charge in [0.25, 0.3) is 0 Å². The van der Waals surface area contributed by atoms with E-state index in [1.165, 1.54) is 0 Å². The van der Waals surface area contributed by atoms with Crippen molar-refractivity contribution in [1.29, 1.82) is 0 Å². The number of nitrogens with one attached hydrogen (secondary N) is 2. The van der Waals surface area contributed by atoms with Crippen LogP contribution in [0.25, 0.3) is 0 Å². The fourth-order valence-corrected chi connectivity index (χ4v) is 4.16. The second kappa shape index (κ2) is 8.90. The van der Waals surface area contributed by atoms with Crippen molar-refractivity contribution in [3.63, 3.8) is 0 Å². The average molecular weight is 397 g/mol. The molecule has 0 aliphatic carbocycles. The van der Waals surface area contributed by atoms with Gasteiger partial charge >= 0.3 is 6.03 Å². The summed E-state index contributed by atoms with van der Waals surface area (Å²) >= 11 is 0. The average Bonchev–Trinajstić information content (AvgIpc) is 3.13. The molecule has 2 atom stereocenters. The molecule has 0 unspecified atom stereocenters. The number of amides is 2. The van der Waals surface area contributed by atoms with Gasteiger partial charge in [-0.05, 0) is 49.9 Å². The van der Waals surface area contributed by atoms with Crippen LogP contribution < -0.4 is 14.8 Å². The highest BCUT2D eigenvalue weighted by atomic mass is 32.2. The van der Waals surface area contributed by atoms with Gasteiger partial charge in [0, 0.05) is 31.4 Å². The first-order valence-corrected chi connectivity index (χ1v) is 11.2. The number of hydrogen-bond donors (Lipinski definition) is 2. The number of likely N-dealkylation sites (tertiary alicyclic amines) is 1. The van der Waals surface area contributed by atoms with Gasteiger partial charge < -0.3 is 19.7 Å². The molecular formula is C18H27N3O5S. The fraction of sp³-hybridized carbons (Fsp3) is 0.611. The van der Waals surface area contributed by atoms with E-state index in [0.29, 0.717) is 25.4 Å². The number of nitrogens with zero attached hydrogens (tertiary/aromatic N) is 1. The van der Waals surface area contributed by atoms with Crippen LogP contribution in [-0.2, 0) is 14.8 Å². The van der Waals surface area contributed by atoms with Gasteiger partial charge in [-0.1, -0.05) is 0 Å². The van der Waals surface area contributed by atoms with Crippen LogP contribution in [0.3, 0.4) is 0 Å². The minimum atomic E-state index is -3.28. The summed E-state index contributed by atoms with van der Waals surface area (Å²) in [5, 5.41) is 2.85. The lowest BCUT2D eigenvalue weighted by Crippen LogP contribution is -2.50. The predicted molar refractivity (Wildman–Crippen MR) is 103 cm³/mol. The highest BCUT2D eigenvalue weighted by molar-refractivity contribution is 7.88. The summed E-state index contributed by atoms with van der Waals surface area (Å²) in [4.78, 5) is 14.1. The first-order valence-electron chi connectivity index (χ1n) is 9.27. The summed E-state index contributed by atoms with van der Waals surface area (Å²) in [6, 6.07) is 6.73. The topological polar surface area (TPSA) is 97.0 Å². The lowest BCUT2D eigenvalue weighted by molar-refractivity contribution is 0.0679. The summed E-state index contributed by atoms with van der Waals surface area (Å²) in [6.45, 7) is 2.31. The minimum absolute atomic E-state index is 0.164. The van der Waals surface area contributed by atoms with E-state index < -0.39 is 10.0 Å². The first-order chi connectivity index (χ1) is 12.9. The Morgan fingerprint density at radius 1 is 1.26 bits per heavy atom. The molecular weight excluding hydrogens is 370 g/mol. The smallest absolute Gasteiger partial charge is 0.321 e. The predicted octanol–water partition coefficient (Wildman–Crippen LogP) is 1.79. The van der Waals surface area contributed by atoms with Gasteiger partial charge in [0.1, 0.15) is 12.4 Å². The summed E-state index contributed by atoms with van der Waals surface area (Å²) in [5.41, 5.74) is 0.669. The lowest BCUT2D eigenvalue weighted by atomic mass is 10.1. The van der Waals surface area contributed by atoms with Crippen LogP contribution in [0.15, 0.2) is 24.3 Å². The zero-order chi connectivity index (χ0) is 19.3. The maximum Gasteiger partial charge on any atom is 0.321 e.